The Hall–Kier alpha value is -2.30. The number of nitrogens with one attached hydrogen (secondary N) is 2. The van der Waals surface area contributed by atoms with E-state index in [0.29, 0.717) is 16.3 Å². The molecule has 0 spiro atoms. The van der Waals surface area contributed by atoms with E-state index >= 15 is 0 Å². The number of carboxylic acids is 1. The molecule has 0 bridgehead atoms. The molecule has 0 saturated carbocycles. The first-order valence-corrected chi connectivity index (χ1v) is 6.68. The zero-order valence-electron chi connectivity index (χ0n) is 11.1. The standard InChI is InChI=1S/C16H14ClN2O2/c17-12-8-6-11(7-9-12)15(14(10-18)16(20)21)19-13-4-2-1-3-5-13/h1-9,18-19H,10H2,(H,20,21)/q-1/b15-14+. The SMILES string of the molecule is [NH-]C/C(C(=O)O)=C(\Nc1ccccc1)c1ccc(Cl)cc1. The Labute approximate surface area is 127 Å². The number of anilines is 1. The molecule has 4 nitrogen and oxygen atoms in total. The van der Waals surface area contributed by atoms with Gasteiger partial charge in [0.15, 0.2) is 0 Å². The molecule has 0 aromatic heterocycles. The Morgan fingerprint density at radius 2 is 1.71 bits per heavy atom. The van der Waals surface area contributed by atoms with Crippen LogP contribution in [0.25, 0.3) is 11.4 Å². The Bertz CT molecular complexity index is 652. The summed E-state index contributed by atoms with van der Waals surface area (Å²) in [6.45, 7) is -0.326. The van der Waals surface area contributed by atoms with E-state index in [1.54, 1.807) is 24.3 Å². The Kier molecular flexibility index (Phi) is 4.98. The second-order valence-electron chi connectivity index (χ2n) is 4.33. The summed E-state index contributed by atoms with van der Waals surface area (Å²) in [7, 11) is 0. The van der Waals surface area contributed by atoms with Crippen LogP contribution in [0.2, 0.25) is 5.02 Å². The Morgan fingerprint density at radius 3 is 2.24 bits per heavy atom. The Balaban J connectivity index is 2.49. The second kappa shape index (κ2) is 6.92. The van der Waals surface area contributed by atoms with Crippen LogP contribution in [0.1, 0.15) is 5.56 Å². The molecule has 0 unspecified atom stereocenters. The quantitative estimate of drug-likeness (QED) is 0.809. The van der Waals surface area contributed by atoms with Crippen LogP contribution >= 0.6 is 11.6 Å². The largest absolute Gasteiger partial charge is 0.673 e. The first-order chi connectivity index (χ1) is 10.1. The van der Waals surface area contributed by atoms with Gasteiger partial charge in [-0.3, -0.25) is 0 Å². The lowest BCUT2D eigenvalue weighted by atomic mass is 10.1. The average molecular weight is 302 g/mol. The number of hydrogen-bond donors (Lipinski definition) is 2. The number of carboxylic acid groups (broad SMARTS) is 1. The monoisotopic (exact) mass is 301 g/mol. The van der Waals surface area contributed by atoms with Gasteiger partial charge in [-0.2, -0.15) is 0 Å². The molecule has 21 heavy (non-hydrogen) atoms. The van der Waals surface area contributed by atoms with Crippen LogP contribution in [0.5, 0.6) is 0 Å². The van der Waals surface area contributed by atoms with E-state index in [9.17, 15) is 9.90 Å². The molecule has 0 amide bonds. The third-order valence-corrected chi connectivity index (χ3v) is 3.16. The molecule has 5 heteroatoms. The molecule has 2 aromatic carbocycles. The van der Waals surface area contributed by atoms with E-state index in [1.165, 1.54) is 0 Å². The summed E-state index contributed by atoms with van der Waals surface area (Å²) >= 11 is 5.86. The highest BCUT2D eigenvalue weighted by Gasteiger charge is 2.13. The van der Waals surface area contributed by atoms with Gasteiger partial charge in [-0.1, -0.05) is 41.9 Å². The fourth-order valence-corrected chi connectivity index (χ4v) is 2.00. The van der Waals surface area contributed by atoms with Gasteiger partial charge in [-0.15, -0.1) is 6.54 Å². The maximum atomic E-state index is 11.4. The summed E-state index contributed by atoms with van der Waals surface area (Å²) in [6.07, 6.45) is 0. The molecule has 2 aromatic rings. The molecule has 3 N–H and O–H groups in total. The number of carbonyl (C=O) groups is 1. The topological polar surface area (TPSA) is 73.1 Å². The van der Waals surface area contributed by atoms with Gasteiger partial charge < -0.3 is 16.2 Å². The molecule has 0 heterocycles. The van der Waals surface area contributed by atoms with Gasteiger partial charge in [-0.05, 0) is 29.8 Å². The summed E-state index contributed by atoms with van der Waals surface area (Å²) in [5, 5.41) is 12.9. The van der Waals surface area contributed by atoms with Crippen molar-refractivity contribution in [2.45, 2.75) is 0 Å². The van der Waals surface area contributed by atoms with Gasteiger partial charge in [0.25, 0.3) is 0 Å². The lowest BCUT2D eigenvalue weighted by molar-refractivity contribution is -0.132. The van der Waals surface area contributed by atoms with E-state index in [1.807, 2.05) is 30.3 Å². The van der Waals surface area contributed by atoms with Gasteiger partial charge in [0.05, 0.1) is 5.70 Å². The van der Waals surface area contributed by atoms with Crippen LogP contribution in [-0.4, -0.2) is 17.6 Å². The smallest absolute Gasteiger partial charge is 0.331 e. The zero-order valence-corrected chi connectivity index (χ0v) is 11.9. The van der Waals surface area contributed by atoms with Gasteiger partial charge in [0.1, 0.15) is 0 Å². The summed E-state index contributed by atoms with van der Waals surface area (Å²) in [4.78, 5) is 11.4. The first-order valence-electron chi connectivity index (χ1n) is 6.31. The highest BCUT2D eigenvalue weighted by Crippen LogP contribution is 2.24. The number of halogens is 1. The number of hydrogen-bond acceptors (Lipinski definition) is 2. The molecular formula is C16H14ClN2O2-. The minimum atomic E-state index is -1.11. The van der Waals surface area contributed by atoms with Crippen molar-refractivity contribution in [2.24, 2.45) is 0 Å². The average Bonchev–Trinajstić information content (AvgIpc) is 2.48. The number of para-hydroxylation sites is 1. The lowest BCUT2D eigenvalue weighted by Gasteiger charge is -2.17. The molecule has 0 aliphatic rings. The van der Waals surface area contributed by atoms with Gasteiger partial charge >= 0.3 is 5.97 Å². The molecular weight excluding hydrogens is 288 g/mol. The summed E-state index contributed by atoms with van der Waals surface area (Å²) in [6, 6.07) is 16.1. The number of aliphatic carboxylic acids is 1. The highest BCUT2D eigenvalue weighted by molar-refractivity contribution is 6.30. The molecule has 0 fully saturated rings. The molecule has 0 radical (unpaired) electrons. The van der Waals surface area contributed by atoms with E-state index in [4.69, 9.17) is 17.3 Å². The van der Waals surface area contributed by atoms with E-state index in [-0.39, 0.29) is 12.1 Å². The maximum absolute atomic E-state index is 11.4. The zero-order chi connectivity index (χ0) is 15.2. The molecule has 2 rings (SSSR count). The van der Waals surface area contributed by atoms with E-state index in [0.717, 1.165) is 5.69 Å². The van der Waals surface area contributed by atoms with Crippen molar-refractivity contribution in [3.8, 4) is 0 Å². The van der Waals surface area contributed by atoms with Crippen molar-refractivity contribution >= 4 is 29.0 Å². The third kappa shape index (κ3) is 3.84. The lowest BCUT2D eigenvalue weighted by Crippen LogP contribution is -2.11. The van der Waals surface area contributed by atoms with Gasteiger partial charge in [0.2, 0.25) is 0 Å². The van der Waals surface area contributed by atoms with Crippen LogP contribution in [0.3, 0.4) is 0 Å². The van der Waals surface area contributed by atoms with Crippen molar-refractivity contribution in [3.63, 3.8) is 0 Å². The molecule has 0 saturated heterocycles. The van der Waals surface area contributed by atoms with Gasteiger partial charge in [0, 0.05) is 16.3 Å². The molecule has 0 aliphatic heterocycles. The summed E-state index contributed by atoms with van der Waals surface area (Å²) < 4.78 is 0. The molecule has 0 atom stereocenters. The minimum absolute atomic E-state index is 0.00109. The van der Waals surface area contributed by atoms with Crippen molar-refractivity contribution in [2.75, 3.05) is 11.9 Å². The summed E-state index contributed by atoms with van der Waals surface area (Å²) in [5.74, 6) is -1.11. The van der Waals surface area contributed by atoms with Crippen LogP contribution < -0.4 is 5.32 Å². The third-order valence-electron chi connectivity index (χ3n) is 2.91. The molecule has 108 valence electrons. The van der Waals surface area contributed by atoms with Crippen molar-refractivity contribution in [1.82, 2.24) is 0 Å². The fourth-order valence-electron chi connectivity index (χ4n) is 1.88. The maximum Gasteiger partial charge on any atom is 0.331 e. The van der Waals surface area contributed by atoms with Crippen molar-refractivity contribution in [1.29, 1.82) is 0 Å². The normalized spacial score (nSPS) is 11.7. The Morgan fingerprint density at radius 1 is 1.10 bits per heavy atom. The van der Waals surface area contributed by atoms with E-state index in [2.05, 4.69) is 5.32 Å². The second-order valence-corrected chi connectivity index (χ2v) is 4.77. The predicted octanol–water partition coefficient (Wildman–Crippen LogP) is 4.30. The first kappa shape index (κ1) is 15.1. The van der Waals surface area contributed by atoms with Crippen LogP contribution in [-0.2, 0) is 4.79 Å². The fraction of sp³-hybridized carbons (Fsp3) is 0.0625. The van der Waals surface area contributed by atoms with E-state index < -0.39 is 5.97 Å². The van der Waals surface area contributed by atoms with Crippen LogP contribution in [0.15, 0.2) is 60.2 Å². The summed E-state index contributed by atoms with van der Waals surface area (Å²) in [5.41, 5.74) is 9.31. The predicted molar refractivity (Wildman–Crippen MR) is 85.3 cm³/mol. The van der Waals surface area contributed by atoms with Gasteiger partial charge in [-0.25, -0.2) is 4.79 Å². The number of rotatable bonds is 5. The number of benzene rings is 2. The van der Waals surface area contributed by atoms with Crippen molar-refractivity contribution in [3.05, 3.63) is 76.5 Å². The van der Waals surface area contributed by atoms with Crippen LogP contribution in [0.4, 0.5) is 5.69 Å². The molecule has 0 aliphatic carbocycles. The highest BCUT2D eigenvalue weighted by atomic mass is 35.5. The van der Waals surface area contributed by atoms with Crippen LogP contribution in [0, 0.1) is 0 Å². The minimum Gasteiger partial charge on any atom is -0.673 e. The van der Waals surface area contributed by atoms with Crippen molar-refractivity contribution < 1.29 is 9.90 Å².